The van der Waals surface area contributed by atoms with Crippen LogP contribution in [0.15, 0.2) is 29.2 Å². The van der Waals surface area contributed by atoms with Crippen LogP contribution in [-0.4, -0.2) is 37.8 Å². The molecule has 1 heterocycles. The Hall–Kier alpha value is -1.00. The van der Waals surface area contributed by atoms with Crippen LogP contribution in [0, 0.1) is 6.92 Å². The molecule has 0 spiro atoms. The number of carbonyl (C=O) groups excluding carboxylic acids is 1. The van der Waals surface area contributed by atoms with Crippen LogP contribution in [0.3, 0.4) is 0 Å². The Balaban J connectivity index is 1.72. The number of piperazine rings is 1. The molecule has 1 fully saturated rings. The molecular weight excluding hydrogens is 232 g/mol. The van der Waals surface area contributed by atoms with Crippen molar-refractivity contribution in [2.24, 2.45) is 0 Å². The molecule has 1 amide bonds. The SMILES string of the molecule is Cc1ccc(SCC[NH+]2CCNC(=O)C2)cc1. The average Bonchev–Trinajstić information content (AvgIpc) is 2.32. The van der Waals surface area contributed by atoms with Crippen molar-refractivity contribution < 1.29 is 9.69 Å². The van der Waals surface area contributed by atoms with Gasteiger partial charge < -0.3 is 10.2 Å². The van der Waals surface area contributed by atoms with Crippen LogP contribution < -0.4 is 10.2 Å². The monoisotopic (exact) mass is 251 g/mol. The molecule has 0 aliphatic carbocycles. The van der Waals surface area contributed by atoms with Gasteiger partial charge in [-0.25, -0.2) is 0 Å². The van der Waals surface area contributed by atoms with Crippen LogP contribution in [-0.2, 0) is 4.79 Å². The largest absolute Gasteiger partial charge is 0.346 e. The number of aryl methyl sites for hydroxylation is 1. The summed E-state index contributed by atoms with van der Waals surface area (Å²) in [7, 11) is 0. The first-order valence-electron chi connectivity index (χ1n) is 6.04. The first-order chi connectivity index (χ1) is 8.24. The minimum atomic E-state index is 0.187. The van der Waals surface area contributed by atoms with Crippen molar-refractivity contribution >= 4 is 17.7 Å². The standard InChI is InChI=1S/C13H18N2OS/c1-11-2-4-12(5-3-11)17-9-8-15-7-6-14-13(16)10-15/h2-5H,6-10H2,1H3,(H,14,16)/p+1. The number of nitrogens with one attached hydrogen (secondary N) is 2. The maximum Gasteiger partial charge on any atom is 0.275 e. The van der Waals surface area contributed by atoms with Crippen LogP contribution in [0.25, 0.3) is 0 Å². The number of hydrogen-bond acceptors (Lipinski definition) is 2. The van der Waals surface area contributed by atoms with Gasteiger partial charge in [0, 0.05) is 10.6 Å². The van der Waals surface area contributed by atoms with Crippen molar-refractivity contribution in [1.82, 2.24) is 5.32 Å². The van der Waals surface area contributed by atoms with E-state index < -0.39 is 0 Å². The summed E-state index contributed by atoms with van der Waals surface area (Å²) in [5.41, 5.74) is 1.30. The summed E-state index contributed by atoms with van der Waals surface area (Å²) in [6.07, 6.45) is 0. The van der Waals surface area contributed by atoms with Crippen molar-refractivity contribution in [2.75, 3.05) is 31.9 Å². The first kappa shape index (κ1) is 12.5. The Morgan fingerprint density at radius 1 is 1.35 bits per heavy atom. The van der Waals surface area contributed by atoms with Crippen molar-refractivity contribution in [1.29, 1.82) is 0 Å². The third kappa shape index (κ3) is 4.06. The molecule has 1 aliphatic rings. The van der Waals surface area contributed by atoms with E-state index in [-0.39, 0.29) is 5.91 Å². The van der Waals surface area contributed by atoms with Gasteiger partial charge in [0.1, 0.15) is 0 Å². The number of thioether (sulfide) groups is 1. The first-order valence-corrected chi connectivity index (χ1v) is 7.02. The molecule has 2 rings (SSSR count). The minimum absolute atomic E-state index is 0.187. The molecule has 1 aliphatic heterocycles. The molecule has 4 heteroatoms. The van der Waals surface area contributed by atoms with Crippen LogP contribution in [0.1, 0.15) is 5.56 Å². The summed E-state index contributed by atoms with van der Waals surface area (Å²) in [6, 6.07) is 8.61. The number of hydrogen-bond donors (Lipinski definition) is 2. The fraction of sp³-hybridized carbons (Fsp3) is 0.462. The molecule has 0 saturated carbocycles. The number of rotatable bonds is 4. The van der Waals surface area contributed by atoms with E-state index in [1.807, 2.05) is 11.8 Å². The molecular formula is C13H19N2OS+. The predicted octanol–water partition coefficient (Wildman–Crippen LogP) is 0.102. The van der Waals surface area contributed by atoms with Crippen molar-refractivity contribution in [3.63, 3.8) is 0 Å². The molecule has 0 aromatic heterocycles. The van der Waals surface area contributed by atoms with Crippen molar-refractivity contribution in [3.05, 3.63) is 29.8 Å². The second kappa shape index (κ2) is 6.07. The molecule has 1 atom stereocenters. The van der Waals surface area contributed by atoms with E-state index >= 15 is 0 Å². The Morgan fingerprint density at radius 2 is 2.12 bits per heavy atom. The van der Waals surface area contributed by atoms with E-state index in [2.05, 4.69) is 36.5 Å². The van der Waals surface area contributed by atoms with Gasteiger partial charge in [-0.15, -0.1) is 11.8 Å². The number of carbonyl (C=O) groups is 1. The van der Waals surface area contributed by atoms with Crippen LogP contribution >= 0.6 is 11.8 Å². The molecule has 0 radical (unpaired) electrons. The number of amides is 1. The van der Waals surface area contributed by atoms with Gasteiger partial charge in [0.2, 0.25) is 0 Å². The Kier molecular flexibility index (Phi) is 4.45. The molecule has 1 unspecified atom stereocenters. The summed E-state index contributed by atoms with van der Waals surface area (Å²) < 4.78 is 0. The van der Waals surface area contributed by atoms with Gasteiger partial charge in [-0.3, -0.25) is 4.79 Å². The smallest absolute Gasteiger partial charge is 0.275 e. The molecule has 92 valence electrons. The fourth-order valence-electron chi connectivity index (χ4n) is 1.92. The summed E-state index contributed by atoms with van der Waals surface area (Å²) in [5, 5.41) is 2.86. The lowest BCUT2D eigenvalue weighted by atomic mass is 10.2. The number of quaternary nitrogens is 1. The molecule has 1 aromatic rings. The second-order valence-corrected chi connectivity index (χ2v) is 5.61. The van der Waals surface area contributed by atoms with E-state index in [4.69, 9.17) is 0 Å². The van der Waals surface area contributed by atoms with Crippen LogP contribution in [0.5, 0.6) is 0 Å². The maximum atomic E-state index is 11.2. The summed E-state index contributed by atoms with van der Waals surface area (Å²) >= 11 is 1.87. The highest BCUT2D eigenvalue weighted by Crippen LogP contribution is 2.16. The van der Waals surface area contributed by atoms with E-state index in [0.717, 1.165) is 25.4 Å². The lowest BCUT2D eigenvalue weighted by Gasteiger charge is -2.23. The normalized spacial score (nSPS) is 20.1. The second-order valence-electron chi connectivity index (χ2n) is 4.44. The third-order valence-corrected chi connectivity index (χ3v) is 3.97. The molecule has 2 N–H and O–H groups in total. The van der Waals surface area contributed by atoms with E-state index in [1.54, 1.807) is 0 Å². The Bertz CT molecular complexity index is 378. The summed E-state index contributed by atoms with van der Waals surface area (Å²) in [5.74, 6) is 1.26. The Morgan fingerprint density at radius 3 is 2.82 bits per heavy atom. The van der Waals surface area contributed by atoms with Gasteiger partial charge in [-0.05, 0) is 19.1 Å². The van der Waals surface area contributed by atoms with E-state index in [1.165, 1.54) is 15.4 Å². The van der Waals surface area contributed by atoms with Gasteiger partial charge >= 0.3 is 0 Å². The summed E-state index contributed by atoms with van der Waals surface area (Å²) in [6.45, 7) is 5.68. The molecule has 0 bridgehead atoms. The van der Waals surface area contributed by atoms with Gasteiger partial charge in [-0.1, -0.05) is 17.7 Å². The van der Waals surface area contributed by atoms with Crippen molar-refractivity contribution in [2.45, 2.75) is 11.8 Å². The average molecular weight is 251 g/mol. The highest BCUT2D eigenvalue weighted by atomic mass is 32.2. The zero-order valence-electron chi connectivity index (χ0n) is 10.2. The van der Waals surface area contributed by atoms with Gasteiger partial charge in [0.25, 0.3) is 5.91 Å². The fourth-order valence-corrected chi connectivity index (χ4v) is 2.87. The van der Waals surface area contributed by atoms with Crippen LogP contribution in [0.2, 0.25) is 0 Å². The third-order valence-electron chi connectivity index (χ3n) is 2.96. The molecule has 1 aromatic carbocycles. The molecule has 3 nitrogen and oxygen atoms in total. The quantitative estimate of drug-likeness (QED) is 0.744. The summed E-state index contributed by atoms with van der Waals surface area (Å²) in [4.78, 5) is 13.9. The topological polar surface area (TPSA) is 33.5 Å². The number of benzene rings is 1. The van der Waals surface area contributed by atoms with Crippen molar-refractivity contribution in [3.8, 4) is 0 Å². The predicted molar refractivity (Wildman–Crippen MR) is 70.5 cm³/mol. The van der Waals surface area contributed by atoms with Gasteiger partial charge in [0.05, 0.1) is 19.6 Å². The minimum Gasteiger partial charge on any atom is -0.346 e. The lowest BCUT2D eigenvalue weighted by molar-refractivity contribution is -0.890. The Labute approximate surface area is 107 Å². The van der Waals surface area contributed by atoms with Crippen LogP contribution in [0.4, 0.5) is 0 Å². The molecule has 1 saturated heterocycles. The highest BCUT2D eigenvalue weighted by molar-refractivity contribution is 7.99. The lowest BCUT2D eigenvalue weighted by Crippen LogP contribution is -3.15. The van der Waals surface area contributed by atoms with Gasteiger partial charge in [0.15, 0.2) is 6.54 Å². The zero-order valence-corrected chi connectivity index (χ0v) is 11.0. The van der Waals surface area contributed by atoms with E-state index in [9.17, 15) is 4.79 Å². The maximum absolute atomic E-state index is 11.2. The molecule has 17 heavy (non-hydrogen) atoms. The zero-order chi connectivity index (χ0) is 12.1. The van der Waals surface area contributed by atoms with E-state index in [0.29, 0.717) is 6.54 Å². The van der Waals surface area contributed by atoms with Gasteiger partial charge in [-0.2, -0.15) is 0 Å². The highest BCUT2D eigenvalue weighted by Gasteiger charge is 2.18.